The highest BCUT2D eigenvalue weighted by molar-refractivity contribution is 8.76. The van der Waals surface area contributed by atoms with Crippen LogP contribution in [0.4, 0.5) is 0 Å². The second-order valence-electron chi connectivity index (χ2n) is 5.62. The van der Waals surface area contributed by atoms with Gasteiger partial charge in [-0.15, -0.1) is 5.10 Å². The van der Waals surface area contributed by atoms with Gasteiger partial charge in [-0.3, -0.25) is 0 Å². The Balaban J connectivity index is 1.55. The van der Waals surface area contributed by atoms with Gasteiger partial charge in [0.1, 0.15) is 17.0 Å². The van der Waals surface area contributed by atoms with Gasteiger partial charge < -0.3 is 14.3 Å². The van der Waals surface area contributed by atoms with Crippen LogP contribution in [0, 0.1) is 0 Å². The van der Waals surface area contributed by atoms with E-state index in [0.717, 1.165) is 17.9 Å². The maximum absolute atomic E-state index is 12.2. The molecule has 1 aliphatic rings. The quantitative estimate of drug-likeness (QED) is 0.548. The first-order chi connectivity index (χ1) is 12.2. The largest absolute Gasteiger partial charge is 0.508 e. The molecule has 9 heteroatoms. The van der Waals surface area contributed by atoms with Crippen molar-refractivity contribution in [3.8, 4) is 11.4 Å². The summed E-state index contributed by atoms with van der Waals surface area (Å²) in [6.07, 6.45) is 2.94. The average molecular weight is 377 g/mol. The minimum Gasteiger partial charge on any atom is -0.508 e. The highest BCUT2D eigenvalue weighted by Crippen LogP contribution is 2.30. The van der Waals surface area contributed by atoms with Crippen molar-refractivity contribution < 1.29 is 14.3 Å². The fourth-order valence-electron chi connectivity index (χ4n) is 2.51. The lowest BCUT2D eigenvalue weighted by molar-refractivity contribution is 0.0524. The molecule has 1 N–H and O–H groups in total. The zero-order valence-corrected chi connectivity index (χ0v) is 14.8. The molecular weight excluding hydrogens is 362 g/mol. The number of phenolic OH excluding ortho intramolecular Hbond substituents is 1. The van der Waals surface area contributed by atoms with Crippen molar-refractivity contribution in [2.45, 2.75) is 19.1 Å². The van der Waals surface area contributed by atoms with Crippen LogP contribution < -0.4 is 5.63 Å². The first kappa shape index (κ1) is 16.5. The molecule has 1 fully saturated rings. The Labute approximate surface area is 150 Å². The number of phenols is 1. The smallest absolute Gasteiger partial charge is 0.362 e. The van der Waals surface area contributed by atoms with E-state index in [-0.39, 0.29) is 17.5 Å². The normalized spacial score (nSPS) is 17.8. The highest BCUT2D eigenvalue weighted by atomic mass is 33.1. The van der Waals surface area contributed by atoms with Crippen molar-refractivity contribution >= 4 is 32.6 Å². The molecule has 1 saturated heterocycles. The van der Waals surface area contributed by atoms with Crippen LogP contribution in [0.2, 0.25) is 0 Å². The lowest BCUT2D eigenvalue weighted by atomic mass is 10.2. The summed E-state index contributed by atoms with van der Waals surface area (Å²) in [4.78, 5) is 12.2. The molecule has 25 heavy (non-hydrogen) atoms. The van der Waals surface area contributed by atoms with Crippen LogP contribution in [0.15, 0.2) is 39.7 Å². The summed E-state index contributed by atoms with van der Waals surface area (Å²) in [6.45, 7) is 0.364. The topological polar surface area (TPSA) is 90.4 Å². The van der Waals surface area contributed by atoms with Gasteiger partial charge in [0.15, 0.2) is 5.69 Å². The lowest BCUT2D eigenvalue weighted by Crippen LogP contribution is -2.19. The maximum atomic E-state index is 12.2. The molecule has 0 bridgehead atoms. The third-order valence-electron chi connectivity index (χ3n) is 3.82. The van der Waals surface area contributed by atoms with Gasteiger partial charge in [-0.25, -0.2) is 9.48 Å². The molecule has 1 aliphatic heterocycles. The van der Waals surface area contributed by atoms with Gasteiger partial charge in [0.2, 0.25) is 0 Å². The van der Waals surface area contributed by atoms with E-state index in [1.807, 2.05) is 21.6 Å². The zero-order valence-electron chi connectivity index (χ0n) is 13.1. The summed E-state index contributed by atoms with van der Waals surface area (Å²) in [7, 11) is 3.69. The summed E-state index contributed by atoms with van der Waals surface area (Å²) in [6, 6.07) is 6.28. The van der Waals surface area contributed by atoms with Crippen molar-refractivity contribution in [2.75, 3.05) is 11.5 Å². The van der Waals surface area contributed by atoms with Crippen LogP contribution in [-0.2, 0) is 11.3 Å². The Morgan fingerprint density at radius 2 is 2.28 bits per heavy atom. The average Bonchev–Trinajstić information content (AvgIpc) is 3.09. The Kier molecular flexibility index (Phi) is 4.69. The Hall–Kier alpha value is -1.97. The molecule has 0 unspecified atom stereocenters. The SMILES string of the molecule is O=c1oc2cc(O)ccc2cc1-n1cc(CO[C@H]2CCSSC2)nn1. The minimum atomic E-state index is -0.545. The molecule has 0 spiro atoms. The Morgan fingerprint density at radius 1 is 1.36 bits per heavy atom. The predicted octanol–water partition coefficient (Wildman–Crippen LogP) is 2.75. The molecular formula is C16H15N3O4S2. The van der Waals surface area contributed by atoms with E-state index < -0.39 is 5.63 Å². The standard InChI is InChI=1S/C16H15N3O4S2/c20-12-2-1-10-5-14(16(21)23-15(10)6-12)19-7-11(17-18-19)8-22-13-3-4-24-25-9-13/h1-2,5-7,13,20H,3-4,8-9H2/t13-/m0/s1. The van der Waals surface area contributed by atoms with Gasteiger partial charge in [0.25, 0.3) is 0 Å². The second kappa shape index (κ2) is 7.11. The number of fused-ring (bicyclic) bond motifs is 1. The third kappa shape index (κ3) is 3.68. The van der Waals surface area contributed by atoms with Gasteiger partial charge in [-0.2, -0.15) is 0 Å². The monoisotopic (exact) mass is 377 g/mol. The highest BCUT2D eigenvalue weighted by Gasteiger charge is 2.16. The molecule has 1 atom stereocenters. The number of hydrogen-bond acceptors (Lipinski definition) is 8. The summed E-state index contributed by atoms with van der Waals surface area (Å²) in [5.41, 5.74) is 0.705. The molecule has 7 nitrogen and oxygen atoms in total. The molecule has 0 amide bonds. The first-order valence-electron chi connectivity index (χ1n) is 7.73. The number of aromatic nitrogens is 3. The summed E-state index contributed by atoms with van der Waals surface area (Å²) in [5.74, 6) is 2.11. The molecule has 3 heterocycles. The molecule has 0 saturated carbocycles. The minimum absolute atomic E-state index is 0.0443. The van der Waals surface area contributed by atoms with E-state index in [9.17, 15) is 9.90 Å². The van der Waals surface area contributed by atoms with Gasteiger partial charge in [-0.05, 0) is 24.6 Å². The molecule has 3 aromatic rings. The van der Waals surface area contributed by atoms with Crippen LogP contribution in [0.1, 0.15) is 12.1 Å². The summed E-state index contributed by atoms with van der Waals surface area (Å²) >= 11 is 0. The maximum Gasteiger partial charge on any atom is 0.362 e. The van der Waals surface area contributed by atoms with Crippen molar-refractivity contribution in [3.05, 3.63) is 46.6 Å². The van der Waals surface area contributed by atoms with Gasteiger partial charge in [0.05, 0.1) is 18.9 Å². The number of hydrogen-bond donors (Lipinski definition) is 1. The number of rotatable bonds is 4. The molecule has 2 aromatic heterocycles. The molecule has 130 valence electrons. The van der Waals surface area contributed by atoms with Gasteiger partial charge >= 0.3 is 5.63 Å². The van der Waals surface area contributed by atoms with Crippen molar-refractivity contribution in [3.63, 3.8) is 0 Å². The van der Waals surface area contributed by atoms with Crippen LogP contribution in [0.5, 0.6) is 5.75 Å². The van der Waals surface area contributed by atoms with Crippen molar-refractivity contribution in [1.29, 1.82) is 0 Å². The van der Waals surface area contributed by atoms with Crippen molar-refractivity contribution in [1.82, 2.24) is 15.0 Å². The summed E-state index contributed by atoms with van der Waals surface area (Å²) in [5, 5.41) is 18.2. The summed E-state index contributed by atoms with van der Waals surface area (Å²) < 4.78 is 12.5. The molecule has 0 radical (unpaired) electrons. The first-order valence-corrected chi connectivity index (χ1v) is 10.2. The Morgan fingerprint density at radius 3 is 3.12 bits per heavy atom. The predicted molar refractivity (Wildman–Crippen MR) is 97.2 cm³/mol. The Bertz CT molecular complexity index is 950. The van der Waals surface area contributed by atoms with E-state index in [4.69, 9.17) is 9.15 Å². The molecule has 1 aromatic carbocycles. The fraction of sp³-hybridized carbons (Fsp3) is 0.312. The van der Waals surface area contributed by atoms with Gasteiger partial charge in [0, 0.05) is 23.0 Å². The van der Waals surface area contributed by atoms with E-state index in [0.29, 0.717) is 23.3 Å². The zero-order chi connectivity index (χ0) is 17.2. The number of aromatic hydroxyl groups is 1. The van der Waals surface area contributed by atoms with E-state index in [2.05, 4.69) is 10.3 Å². The molecule has 4 rings (SSSR count). The van der Waals surface area contributed by atoms with E-state index in [1.165, 1.54) is 16.8 Å². The van der Waals surface area contributed by atoms with E-state index in [1.54, 1.807) is 18.3 Å². The fourth-order valence-corrected chi connectivity index (χ4v) is 4.89. The number of ether oxygens (including phenoxy) is 1. The van der Waals surface area contributed by atoms with Gasteiger partial charge in [-0.1, -0.05) is 26.8 Å². The van der Waals surface area contributed by atoms with Crippen LogP contribution in [0.25, 0.3) is 16.7 Å². The number of nitrogens with zero attached hydrogens (tertiary/aromatic N) is 3. The van der Waals surface area contributed by atoms with Crippen LogP contribution in [0.3, 0.4) is 0 Å². The second-order valence-corrected chi connectivity index (χ2v) is 8.25. The van der Waals surface area contributed by atoms with Crippen LogP contribution >= 0.6 is 21.6 Å². The van der Waals surface area contributed by atoms with E-state index >= 15 is 0 Å². The lowest BCUT2D eigenvalue weighted by Gasteiger charge is -2.20. The third-order valence-corrected chi connectivity index (χ3v) is 6.30. The number of benzene rings is 1. The van der Waals surface area contributed by atoms with Crippen molar-refractivity contribution in [2.24, 2.45) is 0 Å². The molecule has 0 aliphatic carbocycles. The van der Waals surface area contributed by atoms with Crippen LogP contribution in [-0.4, -0.2) is 37.7 Å².